The van der Waals surface area contributed by atoms with Crippen LogP contribution in [0.25, 0.3) is 0 Å². The SMILES string of the molecule is Cc1nccc(NC(=O)c2ccccc2)n1. The summed E-state index contributed by atoms with van der Waals surface area (Å²) in [6.07, 6.45) is 1.61. The average Bonchev–Trinajstić information content (AvgIpc) is 2.30. The maximum absolute atomic E-state index is 11.8. The lowest BCUT2D eigenvalue weighted by molar-refractivity contribution is 0.102. The second-order valence-corrected chi connectivity index (χ2v) is 3.31. The van der Waals surface area contributed by atoms with Gasteiger partial charge in [0.15, 0.2) is 0 Å². The number of hydrogen-bond acceptors (Lipinski definition) is 3. The highest BCUT2D eigenvalue weighted by Crippen LogP contribution is 2.05. The van der Waals surface area contributed by atoms with Crippen LogP contribution in [0, 0.1) is 6.92 Å². The zero-order valence-electron chi connectivity index (χ0n) is 8.84. The second-order valence-electron chi connectivity index (χ2n) is 3.31. The molecule has 2 aromatic rings. The number of hydrogen-bond donors (Lipinski definition) is 1. The fraction of sp³-hybridized carbons (Fsp3) is 0.0833. The van der Waals surface area contributed by atoms with Crippen LogP contribution in [0.15, 0.2) is 42.6 Å². The number of nitrogens with zero attached hydrogens (tertiary/aromatic N) is 2. The minimum absolute atomic E-state index is 0.168. The van der Waals surface area contributed by atoms with Gasteiger partial charge in [-0.1, -0.05) is 18.2 Å². The van der Waals surface area contributed by atoms with Gasteiger partial charge in [-0.2, -0.15) is 0 Å². The Hall–Kier alpha value is -2.23. The molecule has 2 rings (SSSR count). The van der Waals surface area contributed by atoms with Crippen molar-refractivity contribution in [2.45, 2.75) is 6.92 Å². The van der Waals surface area contributed by atoms with Gasteiger partial charge in [-0.05, 0) is 25.1 Å². The van der Waals surface area contributed by atoms with Crippen LogP contribution in [0.4, 0.5) is 5.82 Å². The van der Waals surface area contributed by atoms with Crippen LogP contribution in [-0.4, -0.2) is 15.9 Å². The smallest absolute Gasteiger partial charge is 0.256 e. The molecule has 0 aliphatic rings. The standard InChI is InChI=1S/C12H11N3O/c1-9-13-8-7-11(14-9)15-12(16)10-5-3-2-4-6-10/h2-8H,1H3,(H,13,14,15,16). The molecular weight excluding hydrogens is 202 g/mol. The number of benzene rings is 1. The number of aryl methyl sites for hydroxylation is 1. The van der Waals surface area contributed by atoms with E-state index in [0.717, 1.165) is 0 Å². The Labute approximate surface area is 93.4 Å². The second kappa shape index (κ2) is 4.53. The molecular formula is C12H11N3O. The molecule has 1 heterocycles. The zero-order valence-corrected chi connectivity index (χ0v) is 8.84. The summed E-state index contributed by atoms with van der Waals surface area (Å²) >= 11 is 0. The van der Waals surface area contributed by atoms with Crippen molar-refractivity contribution in [1.29, 1.82) is 0 Å². The summed E-state index contributed by atoms with van der Waals surface area (Å²) in [5.74, 6) is 0.978. The maximum Gasteiger partial charge on any atom is 0.256 e. The van der Waals surface area contributed by atoms with E-state index < -0.39 is 0 Å². The van der Waals surface area contributed by atoms with E-state index >= 15 is 0 Å². The summed E-state index contributed by atoms with van der Waals surface area (Å²) in [6.45, 7) is 1.78. The first-order valence-electron chi connectivity index (χ1n) is 4.92. The van der Waals surface area contributed by atoms with Gasteiger partial charge in [-0.25, -0.2) is 9.97 Å². The van der Waals surface area contributed by atoms with Gasteiger partial charge in [0, 0.05) is 11.8 Å². The van der Waals surface area contributed by atoms with Gasteiger partial charge in [0.2, 0.25) is 0 Å². The molecule has 16 heavy (non-hydrogen) atoms. The quantitative estimate of drug-likeness (QED) is 0.830. The van der Waals surface area contributed by atoms with Gasteiger partial charge in [-0.15, -0.1) is 0 Å². The Morgan fingerprint density at radius 1 is 1.19 bits per heavy atom. The molecule has 1 aromatic heterocycles. The van der Waals surface area contributed by atoms with Crippen molar-refractivity contribution in [3.05, 3.63) is 54.0 Å². The third-order valence-electron chi connectivity index (χ3n) is 2.05. The molecule has 4 nitrogen and oxygen atoms in total. The molecule has 0 bridgehead atoms. The topological polar surface area (TPSA) is 54.9 Å². The zero-order chi connectivity index (χ0) is 11.4. The minimum Gasteiger partial charge on any atom is -0.306 e. The van der Waals surface area contributed by atoms with Crippen LogP contribution in [0.1, 0.15) is 16.2 Å². The number of nitrogens with one attached hydrogen (secondary N) is 1. The molecule has 0 radical (unpaired) electrons. The molecule has 0 aliphatic carbocycles. The Morgan fingerprint density at radius 2 is 1.94 bits per heavy atom. The minimum atomic E-state index is -0.168. The van der Waals surface area contributed by atoms with Crippen molar-refractivity contribution in [2.75, 3.05) is 5.32 Å². The predicted octanol–water partition coefficient (Wildman–Crippen LogP) is 2.04. The fourth-order valence-corrected chi connectivity index (χ4v) is 1.30. The van der Waals surface area contributed by atoms with Crippen LogP contribution >= 0.6 is 0 Å². The summed E-state index contributed by atoms with van der Waals surface area (Å²) < 4.78 is 0. The molecule has 0 unspecified atom stereocenters. The molecule has 0 fully saturated rings. The number of aromatic nitrogens is 2. The lowest BCUT2D eigenvalue weighted by atomic mass is 10.2. The Morgan fingerprint density at radius 3 is 2.62 bits per heavy atom. The van der Waals surface area contributed by atoms with Gasteiger partial charge in [-0.3, -0.25) is 4.79 Å². The number of carbonyl (C=O) groups is 1. The lowest BCUT2D eigenvalue weighted by Crippen LogP contribution is -2.13. The molecule has 0 saturated carbocycles. The molecule has 80 valence electrons. The summed E-state index contributed by atoms with van der Waals surface area (Å²) in [5, 5.41) is 2.71. The van der Waals surface area contributed by atoms with Gasteiger partial charge >= 0.3 is 0 Å². The highest BCUT2D eigenvalue weighted by molar-refractivity contribution is 6.03. The van der Waals surface area contributed by atoms with Crippen molar-refractivity contribution in [2.24, 2.45) is 0 Å². The van der Waals surface area contributed by atoms with Crippen molar-refractivity contribution in [3.8, 4) is 0 Å². The largest absolute Gasteiger partial charge is 0.306 e. The maximum atomic E-state index is 11.8. The van der Waals surface area contributed by atoms with Crippen molar-refractivity contribution >= 4 is 11.7 Å². The van der Waals surface area contributed by atoms with E-state index in [-0.39, 0.29) is 5.91 Å². The summed E-state index contributed by atoms with van der Waals surface area (Å²) in [7, 11) is 0. The van der Waals surface area contributed by atoms with E-state index in [1.807, 2.05) is 18.2 Å². The summed E-state index contributed by atoms with van der Waals surface area (Å²) in [6, 6.07) is 10.7. The monoisotopic (exact) mass is 213 g/mol. The normalized spacial score (nSPS) is 9.81. The molecule has 0 aliphatic heterocycles. The van der Waals surface area contributed by atoms with E-state index in [2.05, 4.69) is 15.3 Å². The predicted molar refractivity (Wildman–Crippen MR) is 61.2 cm³/mol. The van der Waals surface area contributed by atoms with Crippen molar-refractivity contribution in [1.82, 2.24) is 9.97 Å². The number of rotatable bonds is 2. The molecule has 0 atom stereocenters. The van der Waals surface area contributed by atoms with Crippen LogP contribution in [0.5, 0.6) is 0 Å². The van der Waals surface area contributed by atoms with Gasteiger partial charge < -0.3 is 5.32 Å². The van der Waals surface area contributed by atoms with E-state index in [1.54, 1.807) is 31.3 Å². The van der Waals surface area contributed by atoms with E-state index in [9.17, 15) is 4.79 Å². The fourth-order valence-electron chi connectivity index (χ4n) is 1.30. The van der Waals surface area contributed by atoms with Crippen LogP contribution in [0.3, 0.4) is 0 Å². The van der Waals surface area contributed by atoms with Crippen molar-refractivity contribution < 1.29 is 4.79 Å². The third kappa shape index (κ3) is 2.42. The highest BCUT2D eigenvalue weighted by atomic mass is 16.1. The lowest BCUT2D eigenvalue weighted by Gasteiger charge is -2.04. The molecule has 1 aromatic carbocycles. The molecule has 0 saturated heterocycles. The first-order chi connectivity index (χ1) is 7.75. The van der Waals surface area contributed by atoms with Crippen LogP contribution < -0.4 is 5.32 Å². The van der Waals surface area contributed by atoms with E-state index in [1.165, 1.54) is 0 Å². The summed E-state index contributed by atoms with van der Waals surface area (Å²) in [5.41, 5.74) is 0.610. The first kappa shape index (κ1) is 10.3. The van der Waals surface area contributed by atoms with Gasteiger partial charge in [0.1, 0.15) is 11.6 Å². The van der Waals surface area contributed by atoms with Crippen LogP contribution in [0.2, 0.25) is 0 Å². The molecule has 1 N–H and O–H groups in total. The van der Waals surface area contributed by atoms with E-state index in [0.29, 0.717) is 17.2 Å². The Balaban J connectivity index is 2.14. The summed E-state index contributed by atoms with van der Waals surface area (Å²) in [4.78, 5) is 19.8. The van der Waals surface area contributed by atoms with Gasteiger partial charge in [0.25, 0.3) is 5.91 Å². The van der Waals surface area contributed by atoms with Crippen molar-refractivity contribution in [3.63, 3.8) is 0 Å². The molecule has 4 heteroatoms. The Kier molecular flexibility index (Phi) is 2.91. The first-order valence-corrected chi connectivity index (χ1v) is 4.92. The number of carbonyl (C=O) groups excluding carboxylic acids is 1. The number of anilines is 1. The molecule has 0 spiro atoms. The average molecular weight is 213 g/mol. The Bertz CT molecular complexity index is 497. The highest BCUT2D eigenvalue weighted by Gasteiger charge is 2.05. The van der Waals surface area contributed by atoms with Gasteiger partial charge in [0.05, 0.1) is 0 Å². The third-order valence-corrected chi connectivity index (χ3v) is 2.05. The van der Waals surface area contributed by atoms with E-state index in [4.69, 9.17) is 0 Å². The van der Waals surface area contributed by atoms with Crippen LogP contribution in [-0.2, 0) is 0 Å². The number of amides is 1. The molecule has 1 amide bonds.